The molecule has 1 aromatic heterocycles. The average Bonchev–Trinajstić information content (AvgIpc) is 3.15. The number of hydrogen-bond donors (Lipinski definition) is 0. The van der Waals surface area contributed by atoms with Crippen LogP contribution in [0.5, 0.6) is 5.75 Å². The number of aldehydes is 1. The molecule has 0 saturated carbocycles. The van der Waals surface area contributed by atoms with Crippen LogP contribution in [0.2, 0.25) is 0 Å². The van der Waals surface area contributed by atoms with E-state index in [0.717, 1.165) is 25.2 Å². The van der Waals surface area contributed by atoms with Gasteiger partial charge in [0.2, 0.25) is 0 Å². The first-order chi connectivity index (χ1) is 14.7. The van der Waals surface area contributed by atoms with Gasteiger partial charge in [-0.25, -0.2) is 4.79 Å². The van der Waals surface area contributed by atoms with Crippen molar-refractivity contribution in [3.8, 4) is 5.75 Å². The number of carbonyl (C=O) groups is 5. The lowest BCUT2D eigenvalue weighted by atomic mass is 9.99. The van der Waals surface area contributed by atoms with Crippen LogP contribution < -0.4 is 4.74 Å². The highest BCUT2D eigenvalue weighted by molar-refractivity contribution is 7.12. The Bertz CT molecular complexity index is 818. The van der Waals surface area contributed by atoms with Gasteiger partial charge in [0.1, 0.15) is 23.3 Å². The number of rotatable bonds is 9. The van der Waals surface area contributed by atoms with Crippen LogP contribution in [0.15, 0.2) is 11.4 Å². The van der Waals surface area contributed by atoms with Crippen LogP contribution >= 0.6 is 11.3 Å². The fourth-order valence-electron chi connectivity index (χ4n) is 2.80. The number of thiophene rings is 1. The predicted octanol–water partition coefficient (Wildman–Crippen LogP) is 0.676. The van der Waals surface area contributed by atoms with Gasteiger partial charge >= 0.3 is 23.9 Å². The van der Waals surface area contributed by atoms with E-state index in [1.165, 1.54) is 13.0 Å². The van der Waals surface area contributed by atoms with Crippen LogP contribution in [0.25, 0.3) is 0 Å². The molecule has 31 heavy (non-hydrogen) atoms. The Morgan fingerprint density at radius 1 is 1.06 bits per heavy atom. The molecular weight excluding hydrogens is 436 g/mol. The van der Waals surface area contributed by atoms with Crippen LogP contribution in [0, 0.1) is 0 Å². The van der Waals surface area contributed by atoms with Crippen LogP contribution in [-0.2, 0) is 42.9 Å². The molecule has 0 amide bonds. The summed E-state index contributed by atoms with van der Waals surface area (Å²) in [5.41, 5.74) is 0. The van der Waals surface area contributed by atoms with Crippen molar-refractivity contribution < 1.29 is 52.4 Å². The van der Waals surface area contributed by atoms with E-state index in [2.05, 4.69) is 0 Å². The largest absolute Gasteiger partial charge is 0.480 e. The summed E-state index contributed by atoms with van der Waals surface area (Å²) in [6.45, 7) is 2.48. The molecule has 1 aliphatic rings. The zero-order chi connectivity index (χ0) is 23.0. The third-order valence-electron chi connectivity index (χ3n) is 3.98. The van der Waals surface area contributed by atoms with Crippen LogP contribution in [-0.4, -0.2) is 74.4 Å². The van der Waals surface area contributed by atoms with Crippen LogP contribution in [0.3, 0.4) is 0 Å². The fraction of sp³-hybridized carbons (Fsp3) is 0.526. The Morgan fingerprint density at radius 3 is 2.35 bits per heavy atom. The smallest absolute Gasteiger partial charge is 0.344 e. The molecular formula is C19H22O11S. The Hall–Kier alpha value is -2.99. The maximum atomic E-state index is 12.3. The summed E-state index contributed by atoms with van der Waals surface area (Å²) in [7, 11) is 0. The number of carbonyl (C=O) groups excluding carboxylic acids is 5. The standard InChI is InChI=1S/C19H22O11S/c1-10(21)25-7-14-18(28-11(2)22)19(29-12(3)23)15(8-26-14)30-17(24)9-27-13-4-5-31-16(13)6-20/h4-6,14-15,18-19H,7-9H2,1-3H3. The van der Waals surface area contributed by atoms with Crippen molar-refractivity contribution >= 4 is 41.5 Å². The quantitative estimate of drug-likeness (QED) is 0.293. The molecule has 0 N–H and O–H groups in total. The maximum Gasteiger partial charge on any atom is 0.344 e. The Kier molecular flexibility index (Phi) is 8.94. The normalized spacial score (nSPS) is 22.7. The van der Waals surface area contributed by atoms with Crippen LogP contribution in [0.4, 0.5) is 0 Å². The van der Waals surface area contributed by atoms with Gasteiger partial charge in [-0.2, -0.15) is 0 Å². The summed E-state index contributed by atoms with van der Waals surface area (Å²) < 4.78 is 31.5. The molecule has 1 aromatic rings. The summed E-state index contributed by atoms with van der Waals surface area (Å²) in [5, 5.41) is 1.63. The number of hydrogen-bond acceptors (Lipinski definition) is 12. The van der Waals surface area contributed by atoms with Gasteiger partial charge < -0.3 is 28.4 Å². The minimum Gasteiger partial charge on any atom is -0.480 e. The highest BCUT2D eigenvalue weighted by Crippen LogP contribution is 2.26. The van der Waals surface area contributed by atoms with Gasteiger partial charge in [-0.1, -0.05) is 0 Å². The summed E-state index contributed by atoms with van der Waals surface area (Å²) in [6.07, 6.45) is -3.85. The first-order valence-corrected chi connectivity index (χ1v) is 10.0. The van der Waals surface area contributed by atoms with Crippen molar-refractivity contribution in [2.45, 2.75) is 45.2 Å². The minimum absolute atomic E-state index is 0.217. The van der Waals surface area contributed by atoms with Gasteiger partial charge in [-0.05, 0) is 11.4 Å². The molecule has 1 fully saturated rings. The summed E-state index contributed by atoms with van der Waals surface area (Å²) in [4.78, 5) is 57.8. The lowest BCUT2D eigenvalue weighted by Crippen LogP contribution is -2.58. The molecule has 4 unspecified atom stereocenters. The Morgan fingerprint density at radius 2 is 1.74 bits per heavy atom. The molecule has 0 bridgehead atoms. The minimum atomic E-state index is -1.20. The van der Waals surface area contributed by atoms with E-state index in [-0.39, 0.29) is 19.0 Å². The second-order valence-electron chi connectivity index (χ2n) is 6.41. The molecule has 170 valence electrons. The van der Waals surface area contributed by atoms with Crippen LogP contribution in [0.1, 0.15) is 30.4 Å². The molecule has 11 nitrogen and oxygen atoms in total. The topological polar surface area (TPSA) is 141 Å². The highest BCUT2D eigenvalue weighted by atomic mass is 32.1. The lowest BCUT2D eigenvalue weighted by molar-refractivity contribution is -0.232. The zero-order valence-electron chi connectivity index (χ0n) is 17.1. The van der Waals surface area contributed by atoms with Crippen molar-refractivity contribution in [2.75, 3.05) is 19.8 Å². The highest BCUT2D eigenvalue weighted by Gasteiger charge is 2.47. The SMILES string of the molecule is CC(=O)OCC1OCC(OC(=O)COc2ccsc2C=O)C(OC(C)=O)C1OC(C)=O. The molecule has 2 rings (SSSR count). The first kappa shape index (κ1) is 24.3. The van der Waals surface area contributed by atoms with Gasteiger partial charge in [0, 0.05) is 20.8 Å². The van der Waals surface area contributed by atoms with Gasteiger partial charge in [-0.15, -0.1) is 11.3 Å². The van der Waals surface area contributed by atoms with E-state index in [4.69, 9.17) is 28.4 Å². The summed E-state index contributed by atoms with van der Waals surface area (Å²) in [6, 6.07) is 1.53. The Balaban J connectivity index is 2.09. The van der Waals surface area contributed by atoms with E-state index < -0.39 is 54.9 Å². The van der Waals surface area contributed by atoms with E-state index in [9.17, 15) is 24.0 Å². The van der Waals surface area contributed by atoms with Crippen molar-refractivity contribution in [3.63, 3.8) is 0 Å². The lowest BCUT2D eigenvalue weighted by Gasteiger charge is -2.40. The fourth-order valence-corrected chi connectivity index (χ4v) is 3.43. The van der Waals surface area contributed by atoms with Crippen molar-refractivity contribution in [1.82, 2.24) is 0 Å². The second-order valence-corrected chi connectivity index (χ2v) is 7.35. The zero-order valence-corrected chi connectivity index (χ0v) is 17.9. The van der Waals surface area contributed by atoms with E-state index in [1.807, 2.05) is 0 Å². The summed E-state index contributed by atoms with van der Waals surface area (Å²) >= 11 is 1.15. The van der Waals surface area contributed by atoms with Crippen molar-refractivity contribution in [3.05, 3.63) is 16.3 Å². The van der Waals surface area contributed by atoms with E-state index in [0.29, 0.717) is 11.2 Å². The molecule has 1 saturated heterocycles. The molecule has 0 spiro atoms. The first-order valence-electron chi connectivity index (χ1n) is 9.15. The summed E-state index contributed by atoms with van der Waals surface area (Å²) in [5.74, 6) is -2.58. The van der Waals surface area contributed by atoms with E-state index in [1.54, 1.807) is 5.38 Å². The maximum absolute atomic E-state index is 12.3. The van der Waals surface area contributed by atoms with Gasteiger partial charge in [0.15, 0.2) is 31.2 Å². The number of ether oxygens (including phenoxy) is 6. The van der Waals surface area contributed by atoms with Crippen molar-refractivity contribution in [1.29, 1.82) is 0 Å². The third kappa shape index (κ3) is 7.33. The van der Waals surface area contributed by atoms with Gasteiger partial charge in [-0.3, -0.25) is 19.2 Å². The molecule has 0 aromatic carbocycles. The van der Waals surface area contributed by atoms with E-state index >= 15 is 0 Å². The molecule has 0 radical (unpaired) electrons. The average molecular weight is 458 g/mol. The van der Waals surface area contributed by atoms with Crippen molar-refractivity contribution in [2.24, 2.45) is 0 Å². The number of esters is 4. The monoisotopic (exact) mass is 458 g/mol. The van der Waals surface area contributed by atoms with Gasteiger partial charge in [0.05, 0.1) is 6.61 Å². The second kappa shape index (κ2) is 11.4. The molecule has 4 atom stereocenters. The predicted molar refractivity (Wildman–Crippen MR) is 103 cm³/mol. The molecule has 1 aliphatic heterocycles. The Labute approximate surface area is 181 Å². The molecule has 12 heteroatoms. The third-order valence-corrected chi connectivity index (χ3v) is 4.80. The van der Waals surface area contributed by atoms with Gasteiger partial charge in [0.25, 0.3) is 0 Å². The molecule has 2 heterocycles. The molecule has 0 aliphatic carbocycles.